The van der Waals surface area contributed by atoms with Crippen molar-refractivity contribution in [1.82, 2.24) is 10.2 Å². The molecule has 1 saturated heterocycles. The number of nitrogens with two attached hydrogens (primary N) is 1. The number of amides is 3. The normalized spacial score (nSPS) is 18.9. The van der Waals surface area contributed by atoms with Gasteiger partial charge in [-0.3, -0.25) is 19.4 Å². The van der Waals surface area contributed by atoms with Crippen LogP contribution in [0.15, 0.2) is 65.8 Å². The summed E-state index contributed by atoms with van der Waals surface area (Å²) in [6.07, 6.45) is 1.38. The lowest BCUT2D eigenvalue weighted by molar-refractivity contribution is -0.131. The van der Waals surface area contributed by atoms with E-state index in [1.165, 1.54) is 5.01 Å². The molecule has 2 heterocycles. The fourth-order valence-corrected chi connectivity index (χ4v) is 4.14. The minimum atomic E-state index is -0.683. The van der Waals surface area contributed by atoms with Crippen LogP contribution >= 0.6 is 0 Å². The van der Waals surface area contributed by atoms with Crippen molar-refractivity contribution in [3.8, 4) is 0 Å². The minimum Gasteiger partial charge on any atom is -0.368 e. The van der Waals surface area contributed by atoms with E-state index < -0.39 is 11.9 Å². The first-order valence-electron chi connectivity index (χ1n) is 10.8. The summed E-state index contributed by atoms with van der Waals surface area (Å²) in [6, 6.07) is 18.3. The Hall–Kier alpha value is -3.68. The maximum Gasteiger partial charge on any atom is 0.270 e. The Labute approximate surface area is 187 Å². The molecule has 1 fully saturated rings. The van der Waals surface area contributed by atoms with Crippen molar-refractivity contribution in [2.75, 3.05) is 18.1 Å². The van der Waals surface area contributed by atoms with E-state index in [1.54, 1.807) is 4.90 Å². The Bertz CT molecular complexity index is 1000. The second-order valence-corrected chi connectivity index (χ2v) is 8.12. The third kappa shape index (κ3) is 4.80. The number of anilines is 1. The number of hydrazone groups is 1. The fraction of sp³-hybridized carbons (Fsp3) is 0.333. The molecule has 3 amide bonds. The highest BCUT2D eigenvalue weighted by molar-refractivity contribution is 6.40. The van der Waals surface area contributed by atoms with Gasteiger partial charge in [0.05, 0.1) is 5.69 Å². The van der Waals surface area contributed by atoms with E-state index in [-0.39, 0.29) is 24.2 Å². The molecule has 4 rings (SSSR count). The smallest absolute Gasteiger partial charge is 0.270 e. The monoisotopic (exact) mass is 433 g/mol. The summed E-state index contributed by atoms with van der Waals surface area (Å²) >= 11 is 0. The summed E-state index contributed by atoms with van der Waals surface area (Å²) in [4.78, 5) is 39.2. The van der Waals surface area contributed by atoms with Crippen molar-refractivity contribution in [3.63, 3.8) is 0 Å². The fourth-order valence-electron chi connectivity index (χ4n) is 4.14. The second kappa shape index (κ2) is 9.64. The summed E-state index contributed by atoms with van der Waals surface area (Å²) in [5.74, 6) is -0.817. The first kappa shape index (κ1) is 21.5. The van der Waals surface area contributed by atoms with E-state index in [1.807, 2.05) is 60.7 Å². The van der Waals surface area contributed by atoms with Crippen LogP contribution in [-0.2, 0) is 20.9 Å². The highest BCUT2D eigenvalue weighted by Gasteiger charge is 2.37. The van der Waals surface area contributed by atoms with E-state index in [4.69, 9.17) is 5.73 Å². The summed E-state index contributed by atoms with van der Waals surface area (Å²) in [6.45, 7) is 1.46. The summed E-state index contributed by atoms with van der Waals surface area (Å²) in [5, 5.41) is 8.94. The van der Waals surface area contributed by atoms with Gasteiger partial charge in [-0.05, 0) is 30.5 Å². The molecular weight excluding hydrogens is 406 g/mol. The average molecular weight is 434 g/mol. The third-order valence-electron chi connectivity index (χ3n) is 5.97. The Balaban J connectivity index is 1.34. The van der Waals surface area contributed by atoms with E-state index in [9.17, 15) is 14.4 Å². The zero-order valence-corrected chi connectivity index (χ0v) is 17.8. The maximum absolute atomic E-state index is 13.0. The summed E-state index contributed by atoms with van der Waals surface area (Å²) < 4.78 is 0. The van der Waals surface area contributed by atoms with Crippen molar-refractivity contribution in [2.45, 2.75) is 31.8 Å². The van der Waals surface area contributed by atoms with Gasteiger partial charge in [-0.25, -0.2) is 0 Å². The van der Waals surface area contributed by atoms with Gasteiger partial charge in [0.1, 0.15) is 11.8 Å². The van der Waals surface area contributed by atoms with Gasteiger partial charge in [0.25, 0.3) is 5.91 Å². The van der Waals surface area contributed by atoms with Crippen molar-refractivity contribution >= 4 is 29.1 Å². The van der Waals surface area contributed by atoms with E-state index in [0.717, 1.165) is 5.56 Å². The lowest BCUT2D eigenvalue weighted by Gasteiger charge is -2.31. The van der Waals surface area contributed by atoms with Gasteiger partial charge in [0, 0.05) is 32.0 Å². The zero-order valence-electron chi connectivity index (χ0n) is 17.8. The standard InChI is InChI=1S/C24H27N5O3/c25-22(30)21-15-20(27-29(21)19-9-5-2-6-10-19)24(32)28-13-11-18(12-14-28)23(31)26-16-17-7-3-1-4-8-17/h1-10,18,21H,11-16H2,(H2,25,30)(H,26,31)/t21-/m0/s1. The van der Waals surface area contributed by atoms with Gasteiger partial charge < -0.3 is 16.0 Å². The molecule has 166 valence electrons. The number of para-hydroxylation sites is 1. The van der Waals surface area contributed by atoms with E-state index in [0.29, 0.717) is 43.9 Å². The van der Waals surface area contributed by atoms with Crippen LogP contribution < -0.4 is 16.1 Å². The first-order chi connectivity index (χ1) is 15.5. The summed E-state index contributed by atoms with van der Waals surface area (Å²) in [7, 11) is 0. The predicted molar refractivity (Wildman–Crippen MR) is 122 cm³/mol. The van der Waals surface area contributed by atoms with Gasteiger partial charge in [-0.1, -0.05) is 48.5 Å². The van der Waals surface area contributed by atoms with Crippen molar-refractivity contribution in [3.05, 3.63) is 66.2 Å². The number of rotatable bonds is 6. The number of nitrogens with zero attached hydrogens (tertiary/aromatic N) is 3. The van der Waals surface area contributed by atoms with Crippen LogP contribution in [-0.4, -0.2) is 47.5 Å². The maximum atomic E-state index is 13.0. The number of piperidine rings is 1. The van der Waals surface area contributed by atoms with E-state index in [2.05, 4.69) is 10.4 Å². The number of carbonyl (C=O) groups is 3. The zero-order chi connectivity index (χ0) is 22.5. The van der Waals surface area contributed by atoms with Crippen LogP contribution in [0.5, 0.6) is 0 Å². The molecule has 1 atom stereocenters. The number of carbonyl (C=O) groups excluding carboxylic acids is 3. The van der Waals surface area contributed by atoms with Gasteiger partial charge in [-0.2, -0.15) is 5.10 Å². The molecule has 0 spiro atoms. The molecular formula is C24H27N5O3. The third-order valence-corrected chi connectivity index (χ3v) is 5.97. The molecule has 0 saturated carbocycles. The highest BCUT2D eigenvalue weighted by Crippen LogP contribution is 2.26. The number of likely N-dealkylation sites (tertiary alicyclic amines) is 1. The lowest BCUT2D eigenvalue weighted by Crippen LogP contribution is -2.45. The Morgan fingerprint density at radius 3 is 2.22 bits per heavy atom. The van der Waals surface area contributed by atoms with Crippen molar-refractivity contribution in [2.24, 2.45) is 16.8 Å². The topological polar surface area (TPSA) is 108 Å². The van der Waals surface area contributed by atoms with Gasteiger partial charge in [-0.15, -0.1) is 0 Å². The van der Waals surface area contributed by atoms with E-state index >= 15 is 0 Å². The summed E-state index contributed by atoms with van der Waals surface area (Å²) in [5.41, 5.74) is 7.66. The van der Waals surface area contributed by atoms with Crippen molar-refractivity contribution < 1.29 is 14.4 Å². The van der Waals surface area contributed by atoms with Crippen LogP contribution in [0, 0.1) is 5.92 Å². The van der Waals surface area contributed by atoms with Crippen LogP contribution in [0.3, 0.4) is 0 Å². The average Bonchev–Trinajstić information content (AvgIpc) is 3.29. The molecule has 0 radical (unpaired) electrons. The first-order valence-corrected chi connectivity index (χ1v) is 10.8. The van der Waals surface area contributed by atoms with Gasteiger partial charge >= 0.3 is 0 Å². The minimum absolute atomic E-state index is 0.0169. The number of nitrogens with one attached hydrogen (secondary N) is 1. The largest absolute Gasteiger partial charge is 0.368 e. The Kier molecular flexibility index (Phi) is 6.49. The van der Waals surface area contributed by atoms with Crippen LogP contribution in [0.25, 0.3) is 0 Å². The number of benzene rings is 2. The molecule has 0 bridgehead atoms. The number of hydrogen-bond donors (Lipinski definition) is 2. The molecule has 0 unspecified atom stereocenters. The van der Waals surface area contributed by atoms with Gasteiger partial charge in [0.2, 0.25) is 11.8 Å². The molecule has 8 nitrogen and oxygen atoms in total. The highest BCUT2D eigenvalue weighted by atomic mass is 16.2. The lowest BCUT2D eigenvalue weighted by atomic mass is 9.95. The quantitative estimate of drug-likeness (QED) is 0.722. The molecule has 2 aromatic carbocycles. The molecule has 0 aromatic heterocycles. The van der Waals surface area contributed by atoms with Crippen molar-refractivity contribution in [1.29, 1.82) is 0 Å². The molecule has 0 aliphatic carbocycles. The molecule has 3 N–H and O–H groups in total. The molecule has 2 aliphatic heterocycles. The SMILES string of the molecule is NC(=O)[C@@H]1CC(C(=O)N2CCC(C(=O)NCc3ccccc3)CC2)=NN1c1ccccc1. The van der Waals surface area contributed by atoms with Crippen LogP contribution in [0.2, 0.25) is 0 Å². The van der Waals surface area contributed by atoms with Crippen LogP contribution in [0.4, 0.5) is 5.69 Å². The van der Waals surface area contributed by atoms with Gasteiger partial charge in [0.15, 0.2) is 0 Å². The Morgan fingerprint density at radius 1 is 0.969 bits per heavy atom. The Morgan fingerprint density at radius 2 is 1.59 bits per heavy atom. The molecule has 2 aromatic rings. The molecule has 8 heteroatoms. The molecule has 2 aliphatic rings. The number of hydrogen-bond acceptors (Lipinski definition) is 5. The number of primary amides is 1. The molecule has 32 heavy (non-hydrogen) atoms. The second-order valence-electron chi connectivity index (χ2n) is 8.12. The van der Waals surface area contributed by atoms with Crippen LogP contribution in [0.1, 0.15) is 24.8 Å². The predicted octanol–water partition coefficient (Wildman–Crippen LogP) is 1.66.